The van der Waals surface area contributed by atoms with Crippen molar-refractivity contribution in [1.29, 1.82) is 0 Å². The summed E-state index contributed by atoms with van der Waals surface area (Å²) in [6.07, 6.45) is 1.74. The summed E-state index contributed by atoms with van der Waals surface area (Å²) in [5.74, 6) is -1.56. The number of anilines is 1. The molecule has 1 atom stereocenters. The molecule has 4 amide bonds. The molecular weight excluding hydrogens is 425 g/mol. The summed E-state index contributed by atoms with van der Waals surface area (Å²) in [7, 11) is 1.47. The van der Waals surface area contributed by atoms with E-state index in [9.17, 15) is 18.8 Å². The molecule has 1 N–H and O–H groups in total. The zero-order chi connectivity index (χ0) is 23.4. The molecule has 3 aromatic rings. The number of nitrogens with one attached hydrogen (secondary N) is 1. The van der Waals surface area contributed by atoms with E-state index in [1.54, 1.807) is 48.7 Å². The van der Waals surface area contributed by atoms with E-state index in [0.717, 1.165) is 4.90 Å². The number of urea groups is 1. The lowest BCUT2D eigenvalue weighted by atomic mass is 9.74. The van der Waals surface area contributed by atoms with Gasteiger partial charge in [-0.05, 0) is 55.2 Å². The third-order valence-electron chi connectivity index (χ3n) is 5.77. The van der Waals surface area contributed by atoms with Crippen LogP contribution >= 0.6 is 0 Å². The van der Waals surface area contributed by atoms with E-state index in [1.165, 1.54) is 31.4 Å². The highest BCUT2D eigenvalue weighted by Gasteiger charge is 2.54. The van der Waals surface area contributed by atoms with Crippen LogP contribution in [0.4, 0.5) is 14.9 Å². The van der Waals surface area contributed by atoms with Crippen LogP contribution in [0, 0.1) is 11.2 Å². The Balaban J connectivity index is 1.78. The SMILES string of the molecule is COc1cccc(N2C(=O)NC(=O)[C@](CCc3ccccn3)(Cc3ccccc3F)C2=O)c1. The number of hydrogen-bond donors (Lipinski definition) is 1. The first-order chi connectivity index (χ1) is 15.9. The smallest absolute Gasteiger partial charge is 0.335 e. The minimum Gasteiger partial charge on any atom is -0.497 e. The molecule has 8 heteroatoms. The van der Waals surface area contributed by atoms with E-state index in [0.29, 0.717) is 11.4 Å². The quantitative estimate of drug-likeness (QED) is 0.559. The molecule has 1 saturated heterocycles. The number of amides is 4. The van der Waals surface area contributed by atoms with Crippen molar-refractivity contribution in [3.8, 4) is 5.75 Å². The van der Waals surface area contributed by atoms with Crippen LogP contribution in [0.15, 0.2) is 72.9 Å². The summed E-state index contributed by atoms with van der Waals surface area (Å²) in [4.78, 5) is 45.0. The fraction of sp³-hybridized carbons (Fsp3) is 0.200. The summed E-state index contributed by atoms with van der Waals surface area (Å²) in [5, 5.41) is 2.31. The van der Waals surface area contributed by atoms with Crippen molar-refractivity contribution in [1.82, 2.24) is 10.3 Å². The van der Waals surface area contributed by atoms with Gasteiger partial charge in [-0.3, -0.25) is 19.9 Å². The molecule has 0 radical (unpaired) electrons. The maximum absolute atomic E-state index is 14.6. The van der Waals surface area contributed by atoms with Crippen molar-refractivity contribution >= 4 is 23.5 Å². The molecule has 0 aliphatic carbocycles. The van der Waals surface area contributed by atoms with Crippen molar-refractivity contribution in [3.05, 3.63) is 90.0 Å². The fourth-order valence-electron chi connectivity index (χ4n) is 3.98. The third kappa shape index (κ3) is 4.32. The van der Waals surface area contributed by atoms with Gasteiger partial charge < -0.3 is 4.74 Å². The molecule has 1 aliphatic rings. The fourth-order valence-corrected chi connectivity index (χ4v) is 3.98. The van der Waals surface area contributed by atoms with Gasteiger partial charge in [-0.15, -0.1) is 0 Å². The molecule has 1 aromatic heterocycles. The molecule has 2 heterocycles. The minimum absolute atomic E-state index is 0.0385. The number of rotatable bonds is 7. The average Bonchev–Trinajstić information content (AvgIpc) is 2.83. The van der Waals surface area contributed by atoms with Gasteiger partial charge in [-0.2, -0.15) is 0 Å². The number of hydrogen-bond acceptors (Lipinski definition) is 5. The van der Waals surface area contributed by atoms with Crippen molar-refractivity contribution in [2.24, 2.45) is 5.41 Å². The molecule has 2 aromatic carbocycles. The molecule has 0 unspecified atom stereocenters. The predicted molar refractivity (Wildman–Crippen MR) is 119 cm³/mol. The maximum atomic E-state index is 14.6. The van der Waals surface area contributed by atoms with Crippen molar-refractivity contribution in [2.75, 3.05) is 12.0 Å². The van der Waals surface area contributed by atoms with Crippen LogP contribution in [0.3, 0.4) is 0 Å². The minimum atomic E-state index is -1.71. The van der Waals surface area contributed by atoms with Crippen LogP contribution in [0.25, 0.3) is 0 Å². The van der Waals surface area contributed by atoms with Crippen LogP contribution in [0.1, 0.15) is 17.7 Å². The number of nitrogens with zero attached hydrogens (tertiary/aromatic N) is 2. The molecule has 0 saturated carbocycles. The zero-order valence-electron chi connectivity index (χ0n) is 18.0. The Morgan fingerprint density at radius 1 is 1.03 bits per heavy atom. The van der Waals surface area contributed by atoms with Gasteiger partial charge >= 0.3 is 6.03 Å². The first-order valence-corrected chi connectivity index (χ1v) is 10.4. The number of imide groups is 2. The van der Waals surface area contributed by atoms with Gasteiger partial charge in [0.05, 0.1) is 12.8 Å². The number of methoxy groups -OCH3 is 1. The Morgan fingerprint density at radius 3 is 2.55 bits per heavy atom. The number of pyridine rings is 1. The van der Waals surface area contributed by atoms with Gasteiger partial charge in [0.15, 0.2) is 0 Å². The van der Waals surface area contributed by atoms with Crippen molar-refractivity contribution < 1.29 is 23.5 Å². The van der Waals surface area contributed by atoms with Crippen LogP contribution in [0.2, 0.25) is 0 Å². The van der Waals surface area contributed by atoms with Crippen molar-refractivity contribution in [2.45, 2.75) is 19.3 Å². The molecule has 33 heavy (non-hydrogen) atoms. The van der Waals surface area contributed by atoms with E-state index in [1.807, 2.05) is 0 Å². The summed E-state index contributed by atoms with van der Waals surface area (Å²) in [6, 6.07) is 16.9. The zero-order valence-corrected chi connectivity index (χ0v) is 18.0. The predicted octanol–water partition coefficient (Wildman–Crippen LogP) is 3.67. The van der Waals surface area contributed by atoms with Gasteiger partial charge in [0, 0.05) is 18.0 Å². The molecule has 7 nitrogen and oxygen atoms in total. The topological polar surface area (TPSA) is 88.6 Å². The second kappa shape index (κ2) is 9.20. The lowest BCUT2D eigenvalue weighted by Crippen LogP contribution is -2.65. The van der Waals surface area contributed by atoms with E-state index >= 15 is 0 Å². The lowest BCUT2D eigenvalue weighted by molar-refractivity contribution is -0.143. The van der Waals surface area contributed by atoms with Crippen LogP contribution in [-0.2, 0) is 22.4 Å². The van der Waals surface area contributed by atoms with Gasteiger partial charge in [0.25, 0.3) is 5.91 Å². The van der Waals surface area contributed by atoms with Gasteiger partial charge in [-0.1, -0.05) is 30.3 Å². The second-order valence-electron chi connectivity index (χ2n) is 7.77. The largest absolute Gasteiger partial charge is 0.497 e. The Kier molecular flexibility index (Phi) is 6.17. The number of carbonyl (C=O) groups excluding carboxylic acids is 3. The number of aryl methyl sites for hydroxylation is 1. The number of carbonyl (C=O) groups is 3. The molecule has 0 bridgehead atoms. The number of aromatic nitrogens is 1. The van der Waals surface area contributed by atoms with Gasteiger partial charge in [-0.25, -0.2) is 14.1 Å². The first-order valence-electron chi connectivity index (χ1n) is 10.4. The van der Waals surface area contributed by atoms with Crippen LogP contribution < -0.4 is 15.0 Å². The number of barbiturate groups is 1. The summed E-state index contributed by atoms with van der Waals surface area (Å²) in [5.41, 5.74) is -0.575. The van der Waals surface area contributed by atoms with Crippen LogP contribution in [0.5, 0.6) is 5.75 Å². The third-order valence-corrected chi connectivity index (χ3v) is 5.77. The van der Waals surface area contributed by atoms with Crippen LogP contribution in [-0.4, -0.2) is 29.9 Å². The first kappa shape index (κ1) is 22.1. The highest BCUT2D eigenvalue weighted by atomic mass is 19.1. The molecule has 168 valence electrons. The second-order valence-corrected chi connectivity index (χ2v) is 7.77. The average molecular weight is 447 g/mol. The maximum Gasteiger partial charge on any atom is 0.335 e. The monoisotopic (exact) mass is 447 g/mol. The highest BCUT2D eigenvalue weighted by Crippen LogP contribution is 2.37. The summed E-state index contributed by atoms with van der Waals surface area (Å²) < 4.78 is 19.8. The molecule has 1 fully saturated rings. The Labute approximate surface area is 190 Å². The van der Waals surface area contributed by atoms with Crippen molar-refractivity contribution in [3.63, 3.8) is 0 Å². The Morgan fingerprint density at radius 2 is 1.82 bits per heavy atom. The van der Waals surface area contributed by atoms with Gasteiger partial charge in [0.2, 0.25) is 5.91 Å². The van der Waals surface area contributed by atoms with E-state index in [2.05, 4.69) is 10.3 Å². The number of ether oxygens (including phenoxy) is 1. The Bertz CT molecular complexity index is 1200. The van der Waals surface area contributed by atoms with E-state index < -0.39 is 29.1 Å². The van der Waals surface area contributed by atoms with E-state index in [4.69, 9.17) is 4.74 Å². The summed E-state index contributed by atoms with van der Waals surface area (Å²) in [6.45, 7) is 0. The number of halogens is 1. The standard InChI is InChI=1S/C25H22FN3O4/c1-33-20-10-6-9-19(15-20)29-23(31)25(22(30)28-24(29)32,13-12-18-8-4-5-14-27-18)16-17-7-2-3-11-21(17)26/h2-11,14-15H,12-13,16H2,1H3,(H,28,30,32)/t25-/m0/s1. The molecular formula is C25H22FN3O4. The highest BCUT2D eigenvalue weighted by molar-refractivity contribution is 6.30. The summed E-state index contributed by atoms with van der Waals surface area (Å²) >= 11 is 0. The molecule has 1 aliphatic heterocycles. The lowest BCUT2D eigenvalue weighted by Gasteiger charge is -2.39. The molecule has 0 spiro atoms. The Hall–Kier alpha value is -4.07. The molecule has 4 rings (SSSR count). The number of benzene rings is 2. The normalized spacial score (nSPS) is 18.2. The van der Waals surface area contributed by atoms with Gasteiger partial charge in [0.1, 0.15) is 17.0 Å². The van der Waals surface area contributed by atoms with E-state index in [-0.39, 0.29) is 30.5 Å².